The van der Waals surface area contributed by atoms with Gasteiger partial charge in [0, 0.05) is 13.1 Å². The first kappa shape index (κ1) is 13.9. The van der Waals surface area contributed by atoms with Gasteiger partial charge in [0.05, 0.1) is 10.7 Å². The predicted octanol–water partition coefficient (Wildman–Crippen LogP) is 3.60. The Kier molecular flexibility index (Phi) is 4.83. The van der Waals surface area contributed by atoms with E-state index in [1.807, 2.05) is 24.3 Å². The van der Waals surface area contributed by atoms with Crippen LogP contribution in [0.5, 0.6) is 0 Å². The van der Waals surface area contributed by atoms with Gasteiger partial charge in [-0.1, -0.05) is 48.0 Å². The largest absolute Gasteiger partial charge is 0.398 e. The summed E-state index contributed by atoms with van der Waals surface area (Å²) in [5.41, 5.74) is 9.02. The molecule has 0 aliphatic heterocycles. The van der Waals surface area contributed by atoms with Gasteiger partial charge in [0.25, 0.3) is 0 Å². The molecule has 0 fully saturated rings. The van der Waals surface area contributed by atoms with Gasteiger partial charge >= 0.3 is 0 Å². The minimum Gasteiger partial charge on any atom is -0.398 e. The van der Waals surface area contributed by atoms with Gasteiger partial charge < -0.3 is 10.6 Å². The summed E-state index contributed by atoms with van der Waals surface area (Å²) in [6, 6.07) is 16.4. The van der Waals surface area contributed by atoms with E-state index in [0.717, 1.165) is 19.5 Å². The smallest absolute Gasteiger partial charge is 0.0635 e. The molecular weight excluding hydrogens is 256 g/mol. The van der Waals surface area contributed by atoms with Crippen molar-refractivity contribution in [3.63, 3.8) is 0 Å². The number of nitrogen functional groups attached to an aromatic ring is 1. The SMILES string of the molecule is CN(CCc1ccccc1)Cc1ccc(Cl)c(N)c1. The van der Waals surface area contributed by atoms with Crippen LogP contribution >= 0.6 is 11.6 Å². The van der Waals surface area contributed by atoms with Crippen LogP contribution in [0.15, 0.2) is 48.5 Å². The molecule has 19 heavy (non-hydrogen) atoms. The Hall–Kier alpha value is -1.51. The van der Waals surface area contributed by atoms with E-state index < -0.39 is 0 Å². The van der Waals surface area contributed by atoms with Crippen LogP contribution in [0, 0.1) is 0 Å². The number of anilines is 1. The van der Waals surface area contributed by atoms with E-state index in [4.69, 9.17) is 17.3 Å². The van der Waals surface area contributed by atoms with E-state index in [1.165, 1.54) is 11.1 Å². The summed E-state index contributed by atoms with van der Waals surface area (Å²) >= 11 is 5.92. The Morgan fingerprint density at radius 3 is 2.47 bits per heavy atom. The van der Waals surface area contributed by atoms with Crippen molar-refractivity contribution in [3.8, 4) is 0 Å². The lowest BCUT2D eigenvalue weighted by Crippen LogP contribution is -2.20. The van der Waals surface area contributed by atoms with Gasteiger partial charge in [0.1, 0.15) is 0 Å². The van der Waals surface area contributed by atoms with Crippen LogP contribution in [-0.4, -0.2) is 18.5 Å². The molecule has 0 aliphatic carbocycles. The lowest BCUT2D eigenvalue weighted by molar-refractivity contribution is 0.331. The molecule has 3 heteroatoms. The summed E-state index contributed by atoms with van der Waals surface area (Å²) < 4.78 is 0. The van der Waals surface area contributed by atoms with Crippen molar-refractivity contribution in [1.29, 1.82) is 0 Å². The molecule has 0 unspecified atom stereocenters. The van der Waals surface area contributed by atoms with Crippen LogP contribution in [0.1, 0.15) is 11.1 Å². The van der Waals surface area contributed by atoms with Crippen LogP contribution in [-0.2, 0) is 13.0 Å². The number of nitrogens with two attached hydrogens (primary N) is 1. The molecule has 0 aliphatic rings. The van der Waals surface area contributed by atoms with Gasteiger partial charge in [-0.2, -0.15) is 0 Å². The highest BCUT2D eigenvalue weighted by Crippen LogP contribution is 2.20. The number of nitrogens with zero attached hydrogens (tertiary/aromatic N) is 1. The van der Waals surface area contributed by atoms with E-state index in [2.05, 4.69) is 36.2 Å². The minimum absolute atomic E-state index is 0.621. The minimum atomic E-state index is 0.621. The Morgan fingerprint density at radius 2 is 1.79 bits per heavy atom. The van der Waals surface area contributed by atoms with Gasteiger partial charge in [0.2, 0.25) is 0 Å². The maximum atomic E-state index is 5.92. The third kappa shape index (κ3) is 4.27. The van der Waals surface area contributed by atoms with Crippen molar-refractivity contribution in [3.05, 3.63) is 64.7 Å². The highest BCUT2D eigenvalue weighted by molar-refractivity contribution is 6.33. The molecule has 0 atom stereocenters. The third-order valence-electron chi connectivity index (χ3n) is 3.14. The number of rotatable bonds is 5. The van der Waals surface area contributed by atoms with E-state index in [9.17, 15) is 0 Å². The second kappa shape index (κ2) is 6.60. The number of halogens is 1. The fraction of sp³-hybridized carbons (Fsp3) is 0.250. The molecule has 0 spiro atoms. The van der Waals surface area contributed by atoms with Crippen LogP contribution < -0.4 is 5.73 Å². The van der Waals surface area contributed by atoms with Crippen LogP contribution in [0.4, 0.5) is 5.69 Å². The number of likely N-dealkylation sites (N-methyl/N-ethyl adjacent to an activating group) is 1. The first-order chi connectivity index (χ1) is 9.15. The summed E-state index contributed by atoms with van der Waals surface area (Å²) in [7, 11) is 2.12. The second-order valence-corrected chi connectivity index (χ2v) is 5.24. The molecule has 0 amide bonds. The summed E-state index contributed by atoms with van der Waals surface area (Å²) in [5, 5.41) is 0.621. The zero-order chi connectivity index (χ0) is 13.7. The normalized spacial score (nSPS) is 10.9. The lowest BCUT2D eigenvalue weighted by atomic mass is 10.1. The quantitative estimate of drug-likeness (QED) is 0.844. The van der Waals surface area contributed by atoms with Crippen molar-refractivity contribution in [2.45, 2.75) is 13.0 Å². The molecular formula is C16H19ClN2. The highest BCUT2D eigenvalue weighted by atomic mass is 35.5. The Balaban J connectivity index is 1.87. The average molecular weight is 275 g/mol. The molecule has 2 nitrogen and oxygen atoms in total. The van der Waals surface area contributed by atoms with Crippen LogP contribution in [0.2, 0.25) is 5.02 Å². The summed E-state index contributed by atoms with van der Waals surface area (Å²) in [6.07, 6.45) is 1.06. The third-order valence-corrected chi connectivity index (χ3v) is 3.48. The number of benzene rings is 2. The van der Waals surface area contributed by atoms with Gasteiger partial charge in [-0.25, -0.2) is 0 Å². The molecule has 2 N–H and O–H groups in total. The fourth-order valence-corrected chi connectivity index (χ4v) is 2.16. The van der Waals surface area contributed by atoms with E-state index in [1.54, 1.807) is 0 Å². The monoisotopic (exact) mass is 274 g/mol. The zero-order valence-electron chi connectivity index (χ0n) is 11.1. The molecule has 0 saturated heterocycles. The predicted molar refractivity (Wildman–Crippen MR) is 82.3 cm³/mol. The standard InChI is InChI=1S/C16H19ClN2/c1-19(10-9-13-5-3-2-4-6-13)12-14-7-8-15(17)16(18)11-14/h2-8,11H,9-10,12,18H2,1H3. The summed E-state index contributed by atoms with van der Waals surface area (Å²) in [5.74, 6) is 0. The first-order valence-electron chi connectivity index (χ1n) is 6.41. The van der Waals surface area contributed by atoms with Crippen molar-refractivity contribution in [1.82, 2.24) is 4.90 Å². The molecule has 0 saturated carbocycles. The zero-order valence-corrected chi connectivity index (χ0v) is 11.9. The summed E-state index contributed by atoms with van der Waals surface area (Å²) in [6.45, 7) is 1.90. The Morgan fingerprint density at radius 1 is 1.05 bits per heavy atom. The maximum Gasteiger partial charge on any atom is 0.0635 e. The molecule has 0 aromatic heterocycles. The van der Waals surface area contributed by atoms with Gasteiger partial charge in [-0.15, -0.1) is 0 Å². The first-order valence-corrected chi connectivity index (χ1v) is 6.79. The molecule has 100 valence electrons. The van der Waals surface area contributed by atoms with Gasteiger partial charge in [-0.3, -0.25) is 0 Å². The Labute approximate surface area is 119 Å². The Bertz CT molecular complexity index is 526. The van der Waals surface area contributed by atoms with Gasteiger partial charge in [0.15, 0.2) is 0 Å². The van der Waals surface area contributed by atoms with Crippen molar-refractivity contribution in [2.24, 2.45) is 0 Å². The van der Waals surface area contributed by atoms with E-state index >= 15 is 0 Å². The fourth-order valence-electron chi connectivity index (χ4n) is 2.05. The molecule has 0 bridgehead atoms. The van der Waals surface area contributed by atoms with Crippen molar-refractivity contribution < 1.29 is 0 Å². The lowest BCUT2D eigenvalue weighted by Gasteiger charge is -2.17. The molecule has 2 rings (SSSR count). The molecule has 2 aromatic rings. The molecule has 2 aromatic carbocycles. The highest BCUT2D eigenvalue weighted by Gasteiger charge is 2.03. The van der Waals surface area contributed by atoms with E-state index in [-0.39, 0.29) is 0 Å². The topological polar surface area (TPSA) is 29.3 Å². The second-order valence-electron chi connectivity index (χ2n) is 4.83. The number of hydrogen-bond donors (Lipinski definition) is 1. The average Bonchev–Trinajstić information content (AvgIpc) is 2.42. The van der Waals surface area contributed by atoms with Gasteiger partial charge in [-0.05, 0) is 36.7 Å². The van der Waals surface area contributed by atoms with Crippen molar-refractivity contribution >= 4 is 17.3 Å². The van der Waals surface area contributed by atoms with Crippen LogP contribution in [0.25, 0.3) is 0 Å². The van der Waals surface area contributed by atoms with E-state index in [0.29, 0.717) is 10.7 Å². The maximum absolute atomic E-state index is 5.92. The van der Waals surface area contributed by atoms with Crippen LogP contribution in [0.3, 0.4) is 0 Å². The molecule has 0 radical (unpaired) electrons. The van der Waals surface area contributed by atoms with Crippen molar-refractivity contribution in [2.75, 3.05) is 19.3 Å². The summed E-state index contributed by atoms with van der Waals surface area (Å²) in [4.78, 5) is 2.29. The number of hydrogen-bond acceptors (Lipinski definition) is 2. The molecule has 0 heterocycles.